The summed E-state index contributed by atoms with van der Waals surface area (Å²) in [5, 5.41) is 3.17. The number of ether oxygens (including phenoxy) is 3. The van der Waals surface area contributed by atoms with Gasteiger partial charge in [0, 0.05) is 5.02 Å². The summed E-state index contributed by atoms with van der Waals surface area (Å²) in [5.74, 6) is -0.683. The van der Waals surface area contributed by atoms with Gasteiger partial charge in [-0.2, -0.15) is 0 Å². The minimum absolute atomic E-state index is 0.0539. The largest absolute Gasteiger partial charge is 0.493 e. The van der Waals surface area contributed by atoms with Crippen LogP contribution in [0.25, 0.3) is 6.08 Å². The fourth-order valence-corrected chi connectivity index (χ4v) is 3.22. The number of rotatable bonds is 7. The lowest BCUT2D eigenvalue weighted by molar-refractivity contribution is -0.145. The van der Waals surface area contributed by atoms with Crippen molar-refractivity contribution in [3.05, 3.63) is 57.7 Å². The first-order valence-electron chi connectivity index (χ1n) is 9.12. The van der Waals surface area contributed by atoms with E-state index in [9.17, 15) is 14.4 Å². The van der Waals surface area contributed by atoms with Crippen LogP contribution < -0.4 is 19.7 Å². The van der Waals surface area contributed by atoms with E-state index in [1.165, 1.54) is 19.3 Å². The molecular weight excluding hydrogens is 447 g/mol. The Labute approximate surface area is 188 Å². The summed E-state index contributed by atoms with van der Waals surface area (Å²) < 4.78 is 15.5. The zero-order valence-corrected chi connectivity index (χ0v) is 18.1. The second kappa shape index (κ2) is 9.72. The van der Waals surface area contributed by atoms with Crippen molar-refractivity contribution in [3.8, 4) is 11.5 Å². The molecule has 0 aliphatic carbocycles. The zero-order valence-electron chi connectivity index (χ0n) is 16.6. The van der Waals surface area contributed by atoms with Crippen LogP contribution in [0.3, 0.4) is 0 Å². The molecule has 1 fully saturated rings. The fraction of sp³-hybridized carbons (Fsp3) is 0.190. The van der Waals surface area contributed by atoms with Crippen molar-refractivity contribution >= 4 is 52.9 Å². The number of hydrogen-bond donors (Lipinski definition) is 1. The highest BCUT2D eigenvalue weighted by Crippen LogP contribution is 2.37. The number of esters is 1. The van der Waals surface area contributed by atoms with E-state index in [0.29, 0.717) is 16.3 Å². The summed E-state index contributed by atoms with van der Waals surface area (Å²) in [6.07, 6.45) is 1.46. The number of benzene rings is 2. The molecule has 1 aliphatic heterocycles. The first-order chi connectivity index (χ1) is 14.8. The molecule has 1 heterocycles. The van der Waals surface area contributed by atoms with Crippen LogP contribution in [-0.4, -0.2) is 38.2 Å². The molecule has 3 rings (SSSR count). The Morgan fingerprint density at radius 1 is 1.16 bits per heavy atom. The van der Waals surface area contributed by atoms with Crippen LogP contribution in [0.5, 0.6) is 11.5 Å². The van der Waals surface area contributed by atoms with E-state index < -0.39 is 17.9 Å². The topological polar surface area (TPSA) is 94.2 Å². The standard InChI is InChI=1S/C21H18Cl2N2O6/c1-3-30-18(26)11-31-19-15(23)8-12(10-17(19)29-2)9-16-20(27)25(21(28)24-16)14-6-4-13(22)5-7-14/h4-10H,3,11H2,1-2H3,(H,24,28)/b16-9+. The van der Waals surface area contributed by atoms with Crippen molar-refractivity contribution in [2.45, 2.75) is 6.92 Å². The molecule has 1 saturated heterocycles. The Balaban J connectivity index is 1.85. The molecular formula is C21H18Cl2N2O6. The Kier molecular flexibility index (Phi) is 7.04. The predicted molar refractivity (Wildman–Crippen MR) is 116 cm³/mol. The number of carbonyl (C=O) groups is 3. The average Bonchev–Trinajstić information content (AvgIpc) is 3.00. The number of carbonyl (C=O) groups excluding carboxylic acids is 3. The van der Waals surface area contributed by atoms with Crippen molar-refractivity contribution in [1.29, 1.82) is 0 Å². The lowest BCUT2D eigenvalue weighted by Crippen LogP contribution is -2.30. The second-order valence-corrected chi connectivity index (χ2v) is 7.08. The van der Waals surface area contributed by atoms with Gasteiger partial charge >= 0.3 is 12.0 Å². The second-order valence-electron chi connectivity index (χ2n) is 6.23. The lowest BCUT2D eigenvalue weighted by Gasteiger charge is -2.13. The number of imide groups is 1. The lowest BCUT2D eigenvalue weighted by atomic mass is 10.1. The number of urea groups is 1. The maximum atomic E-state index is 12.8. The van der Waals surface area contributed by atoms with Gasteiger partial charge in [-0.1, -0.05) is 23.2 Å². The van der Waals surface area contributed by atoms with Gasteiger partial charge in [0.2, 0.25) is 0 Å². The summed E-state index contributed by atoms with van der Waals surface area (Å²) in [6, 6.07) is 8.78. The summed E-state index contributed by atoms with van der Waals surface area (Å²) in [7, 11) is 1.41. The number of anilines is 1. The van der Waals surface area contributed by atoms with Gasteiger partial charge in [0.25, 0.3) is 5.91 Å². The zero-order chi connectivity index (χ0) is 22.5. The van der Waals surface area contributed by atoms with Gasteiger partial charge in [0.15, 0.2) is 18.1 Å². The molecule has 2 aromatic carbocycles. The molecule has 8 nitrogen and oxygen atoms in total. The molecule has 3 amide bonds. The maximum absolute atomic E-state index is 12.8. The van der Waals surface area contributed by atoms with Crippen molar-refractivity contribution in [3.63, 3.8) is 0 Å². The van der Waals surface area contributed by atoms with E-state index >= 15 is 0 Å². The van der Waals surface area contributed by atoms with Gasteiger partial charge in [-0.15, -0.1) is 0 Å². The van der Waals surface area contributed by atoms with E-state index in [0.717, 1.165) is 4.90 Å². The Morgan fingerprint density at radius 3 is 2.52 bits per heavy atom. The van der Waals surface area contributed by atoms with Crippen LogP contribution in [0.4, 0.5) is 10.5 Å². The first-order valence-corrected chi connectivity index (χ1v) is 9.88. The Bertz CT molecular complexity index is 1050. The smallest absolute Gasteiger partial charge is 0.344 e. The molecule has 0 unspecified atom stereocenters. The van der Waals surface area contributed by atoms with E-state index in [4.69, 9.17) is 37.4 Å². The molecule has 10 heteroatoms. The number of nitrogens with one attached hydrogen (secondary N) is 1. The van der Waals surface area contributed by atoms with E-state index in [-0.39, 0.29) is 35.4 Å². The van der Waals surface area contributed by atoms with Gasteiger partial charge in [-0.05, 0) is 55.0 Å². The van der Waals surface area contributed by atoms with Gasteiger partial charge in [0.1, 0.15) is 5.70 Å². The quantitative estimate of drug-likeness (QED) is 0.377. The monoisotopic (exact) mass is 464 g/mol. The highest BCUT2D eigenvalue weighted by molar-refractivity contribution is 6.33. The van der Waals surface area contributed by atoms with Crippen LogP contribution >= 0.6 is 23.2 Å². The van der Waals surface area contributed by atoms with Crippen molar-refractivity contribution in [1.82, 2.24) is 5.32 Å². The summed E-state index contributed by atoms with van der Waals surface area (Å²) in [6.45, 7) is 1.58. The molecule has 0 radical (unpaired) electrons. The molecule has 1 aliphatic rings. The predicted octanol–water partition coefficient (Wildman–Crippen LogP) is 4.04. The highest BCUT2D eigenvalue weighted by atomic mass is 35.5. The van der Waals surface area contributed by atoms with E-state index in [1.807, 2.05) is 0 Å². The number of nitrogens with zero attached hydrogens (tertiary/aromatic N) is 1. The van der Waals surface area contributed by atoms with Gasteiger partial charge in [-0.25, -0.2) is 14.5 Å². The number of methoxy groups -OCH3 is 1. The number of amides is 3. The highest BCUT2D eigenvalue weighted by Gasteiger charge is 2.34. The van der Waals surface area contributed by atoms with E-state index in [2.05, 4.69) is 5.32 Å². The maximum Gasteiger partial charge on any atom is 0.344 e. The minimum atomic E-state index is -0.592. The molecule has 31 heavy (non-hydrogen) atoms. The minimum Gasteiger partial charge on any atom is -0.493 e. The fourth-order valence-electron chi connectivity index (χ4n) is 2.82. The molecule has 0 saturated carbocycles. The SMILES string of the molecule is CCOC(=O)COc1c(Cl)cc(/C=C2/NC(=O)N(c3ccc(Cl)cc3)C2=O)cc1OC. The molecule has 0 aromatic heterocycles. The van der Waals surface area contributed by atoms with E-state index in [1.54, 1.807) is 37.3 Å². The molecule has 162 valence electrons. The van der Waals surface area contributed by atoms with Crippen LogP contribution in [0.2, 0.25) is 10.0 Å². The van der Waals surface area contributed by atoms with Gasteiger partial charge in [0.05, 0.1) is 24.4 Å². The summed E-state index contributed by atoms with van der Waals surface area (Å²) >= 11 is 12.1. The molecule has 0 bridgehead atoms. The van der Waals surface area contributed by atoms with Crippen LogP contribution in [0, 0.1) is 0 Å². The molecule has 2 aromatic rings. The van der Waals surface area contributed by atoms with Gasteiger partial charge < -0.3 is 19.5 Å². The third-order valence-corrected chi connectivity index (χ3v) is 4.70. The summed E-state index contributed by atoms with van der Waals surface area (Å²) in [5.41, 5.74) is 0.916. The Hall–Kier alpha value is -3.23. The normalized spacial score (nSPS) is 14.6. The third kappa shape index (κ3) is 5.10. The van der Waals surface area contributed by atoms with Crippen LogP contribution in [0.1, 0.15) is 12.5 Å². The van der Waals surface area contributed by atoms with Gasteiger partial charge in [-0.3, -0.25) is 4.79 Å². The third-order valence-electron chi connectivity index (χ3n) is 4.17. The molecule has 0 atom stereocenters. The number of halogens is 2. The van der Waals surface area contributed by atoms with Crippen molar-refractivity contribution in [2.75, 3.05) is 25.2 Å². The van der Waals surface area contributed by atoms with Crippen LogP contribution in [0.15, 0.2) is 42.1 Å². The Morgan fingerprint density at radius 2 is 1.87 bits per heavy atom. The van der Waals surface area contributed by atoms with Crippen LogP contribution in [-0.2, 0) is 14.3 Å². The average molecular weight is 465 g/mol. The van der Waals surface area contributed by atoms with Crippen molar-refractivity contribution in [2.24, 2.45) is 0 Å². The first kappa shape index (κ1) is 22.5. The summed E-state index contributed by atoms with van der Waals surface area (Å²) in [4.78, 5) is 37.6. The van der Waals surface area contributed by atoms with Crippen molar-refractivity contribution < 1.29 is 28.6 Å². The number of hydrogen-bond acceptors (Lipinski definition) is 6. The molecule has 1 N–H and O–H groups in total. The molecule has 0 spiro atoms.